The molecule has 0 aliphatic carbocycles. The third-order valence-electron chi connectivity index (χ3n) is 8.67. The number of aromatic nitrogens is 1. The summed E-state index contributed by atoms with van der Waals surface area (Å²) in [7, 11) is -1.61. The van der Waals surface area contributed by atoms with Crippen LogP contribution in [0.5, 0.6) is 0 Å². The number of carbonyl (C=O) groups excluding carboxylic acids is 1. The Hall–Kier alpha value is -2.64. The quantitative estimate of drug-likeness (QED) is 0.0696. The van der Waals surface area contributed by atoms with Crippen molar-refractivity contribution in [2.45, 2.75) is 86.9 Å². The first-order valence-electron chi connectivity index (χ1n) is 15.7. The van der Waals surface area contributed by atoms with E-state index in [4.69, 9.17) is 4.42 Å². The molecule has 0 bridgehead atoms. The molecule has 0 aliphatic rings. The van der Waals surface area contributed by atoms with E-state index in [2.05, 4.69) is 55.0 Å². The van der Waals surface area contributed by atoms with Crippen LogP contribution in [0.4, 0.5) is 4.39 Å². The van der Waals surface area contributed by atoms with Crippen molar-refractivity contribution in [2.24, 2.45) is 11.8 Å². The van der Waals surface area contributed by atoms with E-state index in [1.54, 1.807) is 11.3 Å². The maximum atomic E-state index is 14.8. The number of aryl methyl sites for hydroxylation is 2. The van der Waals surface area contributed by atoms with Gasteiger partial charge in [-0.1, -0.05) is 76.5 Å². The van der Waals surface area contributed by atoms with E-state index >= 15 is 0 Å². The minimum atomic E-state index is -1.61. The summed E-state index contributed by atoms with van der Waals surface area (Å²) < 4.78 is 22.5. The van der Waals surface area contributed by atoms with Crippen LogP contribution in [-0.4, -0.2) is 23.9 Å². The first kappa shape index (κ1) is 36.8. The summed E-state index contributed by atoms with van der Waals surface area (Å²) in [6.07, 6.45) is 6.22. The third-order valence-corrected chi connectivity index (χ3v) is 12.0. The molecule has 5 rings (SSSR count). The predicted molar refractivity (Wildman–Crippen MR) is 187 cm³/mol. The molecule has 3 heterocycles. The Kier molecular flexibility index (Phi) is 12.5. The van der Waals surface area contributed by atoms with Crippen molar-refractivity contribution in [1.29, 1.82) is 0 Å². The topological polar surface area (TPSA) is 63.3 Å². The van der Waals surface area contributed by atoms with Gasteiger partial charge in [0.15, 0.2) is 17.2 Å². The molecule has 5 aromatic rings. The van der Waals surface area contributed by atoms with Gasteiger partial charge in [-0.2, -0.15) is 0 Å². The number of rotatable bonds is 9. The molecule has 0 unspecified atom stereocenters. The van der Waals surface area contributed by atoms with Crippen LogP contribution < -0.4 is 5.19 Å². The second kappa shape index (κ2) is 15.3. The molecule has 45 heavy (non-hydrogen) atoms. The summed E-state index contributed by atoms with van der Waals surface area (Å²) >= 11 is 1.56. The van der Waals surface area contributed by atoms with Crippen molar-refractivity contribution >= 4 is 61.5 Å². The van der Waals surface area contributed by atoms with Crippen molar-refractivity contribution in [3.8, 4) is 11.3 Å². The maximum absolute atomic E-state index is 14.8. The normalized spacial score (nSPS) is 12.2. The van der Waals surface area contributed by atoms with E-state index in [1.807, 2.05) is 47.6 Å². The number of ketones is 1. The standard InChI is InChI=1S/C24H21FNOSSi.C13H24O2.Ir/c1-13-14(2)27-22-20-18(25)12-26-21(24(20)28-23(13)22)16-10-15-8-6-7-9-17(15)19(11-16)29(3,4)5;1-5-10(6-2)12(14)9-13(15)11(7-3)8-4;/h6-9,11-12H,1-5H3;9-11,14H,5-8H2,1-4H3;/q-1;;/b;12-9-;. The second-order valence-electron chi connectivity index (χ2n) is 12.6. The van der Waals surface area contributed by atoms with E-state index in [-0.39, 0.29) is 49.3 Å². The number of carbonyl (C=O) groups is 1. The van der Waals surface area contributed by atoms with Crippen molar-refractivity contribution < 1.29 is 38.8 Å². The zero-order valence-electron chi connectivity index (χ0n) is 27.9. The number of benzene rings is 2. The molecule has 0 atom stereocenters. The summed E-state index contributed by atoms with van der Waals surface area (Å²) in [6.45, 7) is 19.0. The molecule has 1 N–H and O–H groups in total. The Balaban J connectivity index is 0.000000297. The molecular weight excluding hydrogens is 778 g/mol. The Bertz CT molecular complexity index is 1830. The smallest absolute Gasteiger partial charge is 0.162 e. The third kappa shape index (κ3) is 7.68. The van der Waals surface area contributed by atoms with Gasteiger partial charge < -0.3 is 9.52 Å². The average molecular weight is 823 g/mol. The number of aliphatic hydroxyl groups is 1. The van der Waals surface area contributed by atoms with Crippen LogP contribution in [0, 0.1) is 37.6 Å². The fourth-order valence-corrected chi connectivity index (χ4v) is 8.62. The molecule has 3 aromatic heterocycles. The fraction of sp³-hybridized carbons (Fsp3) is 0.405. The monoisotopic (exact) mass is 823 g/mol. The van der Waals surface area contributed by atoms with Crippen LogP contribution >= 0.6 is 11.3 Å². The predicted octanol–water partition coefficient (Wildman–Crippen LogP) is 10.8. The number of fused-ring (bicyclic) bond motifs is 4. The molecule has 0 saturated carbocycles. The fourth-order valence-electron chi connectivity index (χ4n) is 5.73. The molecule has 0 aliphatic heterocycles. The van der Waals surface area contributed by atoms with Crippen molar-refractivity contribution in [1.82, 2.24) is 4.98 Å². The van der Waals surface area contributed by atoms with Crippen LogP contribution in [0.1, 0.15) is 64.7 Å². The molecule has 0 amide bonds. The van der Waals surface area contributed by atoms with Crippen LogP contribution in [0.3, 0.4) is 0 Å². The van der Waals surface area contributed by atoms with Gasteiger partial charge in [0.25, 0.3) is 0 Å². The van der Waals surface area contributed by atoms with Gasteiger partial charge in [0.2, 0.25) is 0 Å². The van der Waals surface area contributed by atoms with Crippen molar-refractivity contribution in [3.05, 3.63) is 71.6 Å². The zero-order valence-corrected chi connectivity index (χ0v) is 32.1. The molecular formula is C37H45FIrNO3SSi-. The average Bonchev–Trinajstić information content (AvgIpc) is 3.49. The summed E-state index contributed by atoms with van der Waals surface area (Å²) in [6, 6.07) is 14.1. The molecule has 0 fully saturated rings. The van der Waals surface area contributed by atoms with E-state index < -0.39 is 8.07 Å². The van der Waals surface area contributed by atoms with Gasteiger partial charge >= 0.3 is 0 Å². The summed E-state index contributed by atoms with van der Waals surface area (Å²) in [5.74, 6) is 1.05. The number of halogens is 1. The minimum Gasteiger partial charge on any atom is -0.512 e. The van der Waals surface area contributed by atoms with Crippen LogP contribution in [0.25, 0.3) is 42.4 Å². The van der Waals surface area contributed by atoms with Crippen LogP contribution in [-0.2, 0) is 24.9 Å². The minimum absolute atomic E-state index is 0. The number of thiophene rings is 1. The maximum Gasteiger partial charge on any atom is 0.162 e. The van der Waals surface area contributed by atoms with E-state index in [0.29, 0.717) is 11.0 Å². The number of furan rings is 1. The molecule has 8 heteroatoms. The number of nitrogens with zero attached hydrogens (tertiary/aromatic N) is 1. The van der Waals surface area contributed by atoms with Crippen molar-refractivity contribution in [2.75, 3.05) is 0 Å². The van der Waals surface area contributed by atoms with Gasteiger partial charge in [-0.05, 0) is 39.5 Å². The number of pyridine rings is 1. The molecule has 1 radical (unpaired) electrons. The Morgan fingerprint density at radius 2 is 1.67 bits per heavy atom. The van der Waals surface area contributed by atoms with Crippen LogP contribution in [0.15, 0.2) is 52.8 Å². The van der Waals surface area contributed by atoms with Crippen LogP contribution in [0.2, 0.25) is 19.6 Å². The molecule has 0 spiro atoms. The summed E-state index contributed by atoms with van der Waals surface area (Å²) in [4.78, 5) is 16.2. The van der Waals surface area contributed by atoms with Gasteiger partial charge in [0.05, 0.1) is 30.1 Å². The zero-order chi connectivity index (χ0) is 32.3. The van der Waals surface area contributed by atoms with E-state index in [0.717, 1.165) is 63.1 Å². The van der Waals surface area contributed by atoms with Gasteiger partial charge in [-0.15, -0.1) is 40.1 Å². The van der Waals surface area contributed by atoms with E-state index in [1.165, 1.54) is 22.8 Å². The summed E-state index contributed by atoms with van der Waals surface area (Å²) in [5.41, 5.74) is 3.40. The Labute approximate surface area is 285 Å². The van der Waals surface area contributed by atoms with Gasteiger partial charge in [0, 0.05) is 54.0 Å². The number of aliphatic hydroxyl groups excluding tert-OH is 1. The number of allylic oxidation sites excluding steroid dienone is 2. The molecule has 0 saturated heterocycles. The molecule has 2 aromatic carbocycles. The van der Waals surface area contributed by atoms with E-state index in [9.17, 15) is 14.3 Å². The van der Waals surface area contributed by atoms with Gasteiger partial charge in [-0.25, -0.2) is 4.39 Å². The summed E-state index contributed by atoms with van der Waals surface area (Å²) in [5, 5.41) is 14.0. The largest absolute Gasteiger partial charge is 0.512 e. The molecule has 4 nitrogen and oxygen atoms in total. The molecule has 243 valence electrons. The Morgan fingerprint density at radius 1 is 1.04 bits per heavy atom. The van der Waals surface area contributed by atoms with Gasteiger partial charge in [-0.3, -0.25) is 9.78 Å². The van der Waals surface area contributed by atoms with Crippen molar-refractivity contribution in [3.63, 3.8) is 0 Å². The number of hydrogen-bond acceptors (Lipinski definition) is 5. The number of hydrogen-bond donors (Lipinski definition) is 1. The Morgan fingerprint density at radius 3 is 2.27 bits per heavy atom. The first-order chi connectivity index (χ1) is 20.9. The van der Waals surface area contributed by atoms with Gasteiger partial charge in [0.1, 0.15) is 5.76 Å². The SMILES string of the molecule is CCC(CC)C(=O)/C=C(\O)C(CC)CC.Cc1oc2c(sc3c(-c4[c-]c5ccccc5c([Si](C)(C)C)c4)ncc(F)c32)c1C.[Ir]. The first-order valence-corrected chi connectivity index (χ1v) is 20.0. The second-order valence-corrected chi connectivity index (χ2v) is 18.7.